The molecule has 0 radical (unpaired) electrons. The fourth-order valence-electron chi connectivity index (χ4n) is 3.64. The Labute approximate surface area is 158 Å². The van der Waals surface area contributed by atoms with Gasteiger partial charge in [-0.25, -0.2) is 8.42 Å². The molecule has 1 atom stereocenters. The fraction of sp³-hybridized carbons (Fsp3) is 0.588. The van der Waals surface area contributed by atoms with Gasteiger partial charge in [0.1, 0.15) is 0 Å². The lowest BCUT2D eigenvalue weighted by atomic mass is 9.82. The largest absolute Gasteiger partial charge is 0.481 e. The van der Waals surface area contributed by atoms with Crippen LogP contribution in [0.1, 0.15) is 24.4 Å². The van der Waals surface area contributed by atoms with E-state index in [1.165, 1.54) is 4.31 Å². The molecule has 2 aliphatic rings. The molecule has 2 aliphatic heterocycles. The van der Waals surface area contributed by atoms with Crippen molar-refractivity contribution in [2.75, 3.05) is 38.6 Å². The van der Waals surface area contributed by atoms with E-state index >= 15 is 0 Å². The number of hydrogen-bond acceptors (Lipinski definition) is 5. The van der Waals surface area contributed by atoms with Crippen LogP contribution in [0.2, 0.25) is 5.02 Å². The number of ether oxygens (including phenoxy) is 1. The zero-order valence-electron chi connectivity index (χ0n) is 14.4. The van der Waals surface area contributed by atoms with E-state index in [9.17, 15) is 18.3 Å². The van der Waals surface area contributed by atoms with E-state index in [0.29, 0.717) is 18.1 Å². The van der Waals surface area contributed by atoms with Crippen molar-refractivity contribution in [2.24, 2.45) is 5.41 Å². The Morgan fingerprint density at radius 3 is 2.69 bits per heavy atom. The van der Waals surface area contributed by atoms with Crippen LogP contribution in [0.3, 0.4) is 0 Å². The molecule has 1 unspecified atom stereocenters. The maximum Gasteiger partial charge on any atom is 0.310 e. The Bertz CT molecular complexity index is 764. The van der Waals surface area contributed by atoms with Crippen molar-refractivity contribution >= 4 is 27.6 Å². The zero-order valence-corrected chi connectivity index (χ0v) is 15.9. The number of sulfonamides is 1. The van der Waals surface area contributed by atoms with Gasteiger partial charge in [-0.05, 0) is 24.5 Å². The van der Waals surface area contributed by atoms with Crippen LogP contribution < -0.4 is 5.32 Å². The van der Waals surface area contributed by atoms with Gasteiger partial charge in [0.2, 0.25) is 10.0 Å². The maximum absolute atomic E-state index is 13.2. The minimum atomic E-state index is -3.80. The summed E-state index contributed by atoms with van der Waals surface area (Å²) in [4.78, 5) is 11.9. The van der Waals surface area contributed by atoms with Crippen LogP contribution in [0.5, 0.6) is 0 Å². The predicted octanol–water partition coefficient (Wildman–Crippen LogP) is 1.50. The number of aliphatic carboxylic acids is 1. The highest BCUT2D eigenvalue weighted by atomic mass is 35.5. The van der Waals surface area contributed by atoms with Gasteiger partial charge in [0, 0.05) is 37.9 Å². The second-order valence-corrected chi connectivity index (χ2v) is 9.13. The SMILES string of the molecule is O=C(O)C1(CS(=O)(=O)N2CCNCC2c2ccccc2Cl)CCOCC1. The third kappa shape index (κ3) is 3.89. The highest BCUT2D eigenvalue weighted by Crippen LogP contribution is 2.36. The minimum Gasteiger partial charge on any atom is -0.481 e. The fourth-order valence-corrected chi connectivity index (χ4v) is 6.13. The van der Waals surface area contributed by atoms with Crippen LogP contribution in [0.4, 0.5) is 0 Å². The summed E-state index contributed by atoms with van der Waals surface area (Å²) in [5, 5.41) is 13.4. The van der Waals surface area contributed by atoms with Crippen molar-refractivity contribution in [1.29, 1.82) is 0 Å². The van der Waals surface area contributed by atoms with Crippen LogP contribution >= 0.6 is 11.6 Å². The summed E-state index contributed by atoms with van der Waals surface area (Å²) in [6.07, 6.45) is 0.398. The lowest BCUT2D eigenvalue weighted by Gasteiger charge is -2.39. The van der Waals surface area contributed by atoms with Gasteiger partial charge in [-0.1, -0.05) is 29.8 Å². The van der Waals surface area contributed by atoms with Gasteiger partial charge in [-0.3, -0.25) is 4.79 Å². The highest BCUT2D eigenvalue weighted by Gasteiger charge is 2.47. The number of rotatable bonds is 5. The van der Waals surface area contributed by atoms with E-state index in [1.54, 1.807) is 12.1 Å². The molecule has 1 aromatic carbocycles. The first kappa shape index (κ1) is 19.6. The van der Waals surface area contributed by atoms with Gasteiger partial charge in [-0.15, -0.1) is 0 Å². The van der Waals surface area contributed by atoms with Crippen molar-refractivity contribution in [2.45, 2.75) is 18.9 Å². The monoisotopic (exact) mass is 402 g/mol. The smallest absolute Gasteiger partial charge is 0.310 e. The number of nitrogens with one attached hydrogen (secondary N) is 1. The molecule has 26 heavy (non-hydrogen) atoms. The van der Waals surface area contributed by atoms with E-state index in [4.69, 9.17) is 16.3 Å². The van der Waals surface area contributed by atoms with Crippen molar-refractivity contribution in [3.05, 3.63) is 34.9 Å². The summed E-state index contributed by atoms with van der Waals surface area (Å²) in [6.45, 7) is 1.76. The number of carboxylic acid groups (broad SMARTS) is 1. The van der Waals surface area contributed by atoms with Crippen LogP contribution in [0.25, 0.3) is 0 Å². The number of carboxylic acids is 1. The lowest BCUT2D eigenvalue weighted by Crippen LogP contribution is -2.53. The third-order valence-corrected chi connectivity index (χ3v) is 7.59. The molecular formula is C17H23ClN2O5S. The molecule has 0 bridgehead atoms. The van der Waals surface area contributed by atoms with Crippen molar-refractivity contribution < 1.29 is 23.1 Å². The molecule has 0 amide bonds. The number of carbonyl (C=O) groups is 1. The molecule has 0 aliphatic carbocycles. The lowest BCUT2D eigenvalue weighted by molar-refractivity contribution is -0.152. The summed E-state index contributed by atoms with van der Waals surface area (Å²) < 4.78 is 33.1. The van der Waals surface area contributed by atoms with Gasteiger partial charge >= 0.3 is 5.97 Å². The third-order valence-electron chi connectivity index (χ3n) is 5.18. The molecule has 2 heterocycles. The molecular weight excluding hydrogens is 380 g/mol. The average molecular weight is 403 g/mol. The molecule has 3 rings (SSSR count). The molecule has 0 aromatic heterocycles. The Balaban J connectivity index is 1.91. The Hall–Kier alpha value is -1.19. The number of halogens is 1. The molecule has 0 spiro atoms. The summed E-state index contributed by atoms with van der Waals surface area (Å²) in [5.41, 5.74) is -0.575. The summed E-state index contributed by atoms with van der Waals surface area (Å²) >= 11 is 6.28. The van der Waals surface area contributed by atoms with Crippen molar-refractivity contribution in [1.82, 2.24) is 9.62 Å². The summed E-state index contributed by atoms with van der Waals surface area (Å²) in [7, 11) is -3.80. The molecule has 2 fully saturated rings. The number of hydrogen-bond donors (Lipinski definition) is 2. The number of nitrogens with zero attached hydrogens (tertiary/aromatic N) is 1. The van der Waals surface area contributed by atoms with Crippen LogP contribution in [-0.2, 0) is 19.6 Å². The Kier molecular flexibility index (Phi) is 5.88. The first-order chi connectivity index (χ1) is 12.4. The summed E-state index contributed by atoms with van der Waals surface area (Å²) in [5.74, 6) is -1.49. The van der Waals surface area contributed by atoms with Crippen molar-refractivity contribution in [3.8, 4) is 0 Å². The van der Waals surface area contributed by atoms with Gasteiger partial charge in [0.15, 0.2) is 0 Å². The maximum atomic E-state index is 13.2. The first-order valence-electron chi connectivity index (χ1n) is 8.62. The molecule has 2 saturated heterocycles. The normalized spacial score (nSPS) is 24.3. The predicted molar refractivity (Wildman–Crippen MR) is 97.7 cm³/mol. The Morgan fingerprint density at radius 2 is 2.04 bits per heavy atom. The quantitative estimate of drug-likeness (QED) is 0.774. The van der Waals surface area contributed by atoms with E-state index in [0.717, 1.165) is 5.56 Å². The van der Waals surface area contributed by atoms with Crippen molar-refractivity contribution in [3.63, 3.8) is 0 Å². The molecule has 7 nitrogen and oxygen atoms in total. The van der Waals surface area contributed by atoms with Crippen LogP contribution in [0, 0.1) is 5.41 Å². The van der Waals surface area contributed by atoms with Crippen LogP contribution in [-0.4, -0.2) is 62.4 Å². The number of benzene rings is 1. The molecule has 9 heteroatoms. The standard InChI is InChI=1S/C17H23ClN2O5S/c18-14-4-2-1-3-13(14)15-11-19-7-8-20(15)26(23,24)12-17(16(21)22)5-9-25-10-6-17/h1-4,15,19H,5-12H2,(H,21,22). The number of piperazine rings is 1. The Morgan fingerprint density at radius 1 is 1.35 bits per heavy atom. The average Bonchev–Trinajstić information content (AvgIpc) is 2.62. The summed E-state index contributed by atoms with van der Waals surface area (Å²) in [6, 6.07) is 6.70. The van der Waals surface area contributed by atoms with Crippen LogP contribution in [0.15, 0.2) is 24.3 Å². The molecule has 1 aromatic rings. The first-order valence-corrected chi connectivity index (χ1v) is 10.6. The van der Waals surface area contributed by atoms with E-state index < -0.39 is 33.2 Å². The minimum absolute atomic E-state index is 0.199. The second-order valence-electron chi connectivity index (χ2n) is 6.81. The molecule has 2 N–H and O–H groups in total. The molecule has 0 saturated carbocycles. The van der Waals surface area contributed by atoms with Gasteiger partial charge in [-0.2, -0.15) is 4.31 Å². The van der Waals surface area contributed by atoms with E-state index in [2.05, 4.69) is 5.32 Å². The highest BCUT2D eigenvalue weighted by molar-refractivity contribution is 7.89. The van der Waals surface area contributed by atoms with Gasteiger partial charge < -0.3 is 15.2 Å². The van der Waals surface area contributed by atoms with E-state index in [1.807, 2.05) is 12.1 Å². The van der Waals surface area contributed by atoms with Gasteiger partial charge in [0.25, 0.3) is 0 Å². The van der Waals surface area contributed by atoms with E-state index in [-0.39, 0.29) is 32.6 Å². The topological polar surface area (TPSA) is 95.9 Å². The molecule has 144 valence electrons. The van der Waals surface area contributed by atoms with Gasteiger partial charge in [0.05, 0.1) is 17.2 Å². The second kappa shape index (κ2) is 7.82. The zero-order chi connectivity index (χ0) is 18.8.